The zero-order valence-electron chi connectivity index (χ0n) is 21.0. The van der Waals surface area contributed by atoms with Crippen molar-refractivity contribution in [1.82, 2.24) is 4.98 Å². The van der Waals surface area contributed by atoms with E-state index in [4.69, 9.17) is 16.2 Å². The van der Waals surface area contributed by atoms with Gasteiger partial charge in [0, 0.05) is 10.4 Å². The highest BCUT2D eigenvalue weighted by Crippen LogP contribution is 2.24. The Labute approximate surface area is 223 Å². The Morgan fingerprint density at radius 1 is 0.892 bits per heavy atom. The van der Waals surface area contributed by atoms with E-state index < -0.39 is 15.7 Å². The molecule has 0 amide bonds. The molecule has 0 fully saturated rings. The lowest BCUT2D eigenvalue weighted by atomic mass is 9.91. The fourth-order valence-corrected chi connectivity index (χ4v) is 3.93. The van der Waals surface area contributed by atoms with Gasteiger partial charge in [0.25, 0.3) is 10.1 Å². The number of pyridine rings is 1. The van der Waals surface area contributed by atoms with Crippen molar-refractivity contribution in [2.24, 2.45) is 0 Å². The Bertz CT molecular complexity index is 1530. The Balaban J connectivity index is 0.000000695. The molecule has 3 aromatic carbocycles. The van der Waals surface area contributed by atoms with Crippen molar-refractivity contribution in [3.63, 3.8) is 0 Å². The van der Waals surface area contributed by atoms with Gasteiger partial charge >= 0.3 is 0 Å². The summed E-state index contributed by atoms with van der Waals surface area (Å²) >= 11 is 6.10. The average molecular weight is 536 g/mol. The zero-order valence-corrected chi connectivity index (χ0v) is 22.5. The van der Waals surface area contributed by atoms with Crippen LogP contribution in [0, 0.1) is 0 Å². The van der Waals surface area contributed by atoms with Gasteiger partial charge in [-0.05, 0) is 72.9 Å². The molecular weight excluding hydrogens is 506 g/mol. The quantitative estimate of drug-likeness (QED) is 0.258. The van der Waals surface area contributed by atoms with E-state index in [9.17, 15) is 13.5 Å². The summed E-state index contributed by atoms with van der Waals surface area (Å²) in [5.74, 6) is 0. The lowest BCUT2D eigenvalue weighted by Gasteiger charge is -2.21. The zero-order chi connectivity index (χ0) is 27.1. The maximum atomic E-state index is 10.4. The second-order valence-electron chi connectivity index (χ2n) is 9.13. The molecule has 0 aliphatic heterocycles. The molecule has 0 aliphatic carbocycles. The highest BCUT2D eigenvalue weighted by molar-refractivity contribution is 7.85. The smallest absolute Gasteiger partial charge is 0.261 e. The number of halogens is 1. The maximum Gasteiger partial charge on any atom is 0.261 e. The summed E-state index contributed by atoms with van der Waals surface area (Å²) in [4.78, 5) is 4.68. The molecule has 7 heteroatoms. The van der Waals surface area contributed by atoms with Gasteiger partial charge in [-0.1, -0.05) is 84.4 Å². The van der Waals surface area contributed by atoms with Crippen molar-refractivity contribution in [3.8, 4) is 0 Å². The van der Waals surface area contributed by atoms with Gasteiger partial charge in [0.2, 0.25) is 0 Å². The number of fused-ring (bicyclic) bond motifs is 1. The molecule has 0 bridgehead atoms. The molecule has 1 heterocycles. The molecule has 0 radical (unpaired) electrons. The van der Waals surface area contributed by atoms with Crippen molar-refractivity contribution in [3.05, 3.63) is 118 Å². The third-order valence-electron chi connectivity index (χ3n) is 5.36. The van der Waals surface area contributed by atoms with Crippen LogP contribution in [0.3, 0.4) is 0 Å². The standard InChI is InChI=1S/C29H26ClNO.CH4O3S/c1-29(2,32)27-12-4-3-10-23(27)11-6-9-21-7-5-8-22(19-21)13-17-26-18-15-24-14-16-25(30)20-28(24)31-26;1-5(2,3)4/h3-10,12-20,32H,11H2,1-2H3;1H3,(H,2,3,4)/b9-6+,17-13+;. The molecular formula is C30H30ClNO4S. The molecule has 4 rings (SSSR count). The largest absolute Gasteiger partial charge is 0.386 e. The predicted octanol–water partition coefficient (Wildman–Crippen LogP) is 7.05. The van der Waals surface area contributed by atoms with E-state index in [-0.39, 0.29) is 0 Å². The van der Waals surface area contributed by atoms with E-state index in [0.717, 1.165) is 45.3 Å². The second kappa shape index (κ2) is 12.3. The molecule has 1 aromatic heterocycles. The number of aromatic nitrogens is 1. The van der Waals surface area contributed by atoms with Crippen LogP contribution in [0.5, 0.6) is 0 Å². The van der Waals surface area contributed by atoms with Crippen molar-refractivity contribution < 1.29 is 18.1 Å². The number of nitrogens with zero attached hydrogens (tertiary/aromatic N) is 1. The van der Waals surface area contributed by atoms with Gasteiger partial charge in [0.05, 0.1) is 23.1 Å². The maximum absolute atomic E-state index is 10.4. The van der Waals surface area contributed by atoms with Gasteiger partial charge in [-0.15, -0.1) is 0 Å². The summed E-state index contributed by atoms with van der Waals surface area (Å²) in [6.45, 7) is 3.65. The normalized spacial score (nSPS) is 12.2. The van der Waals surface area contributed by atoms with Crippen LogP contribution in [-0.4, -0.2) is 29.3 Å². The van der Waals surface area contributed by atoms with E-state index in [1.165, 1.54) is 0 Å². The van der Waals surface area contributed by atoms with Crippen LogP contribution in [0.2, 0.25) is 5.02 Å². The summed E-state index contributed by atoms with van der Waals surface area (Å²) in [7, 11) is -3.67. The molecule has 5 nitrogen and oxygen atoms in total. The number of rotatable bonds is 6. The van der Waals surface area contributed by atoms with Crippen LogP contribution in [-0.2, 0) is 22.1 Å². The lowest BCUT2D eigenvalue weighted by molar-refractivity contribution is 0.0777. The number of allylic oxidation sites excluding steroid dienone is 1. The fraction of sp³-hybridized carbons (Fsp3) is 0.167. The van der Waals surface area contributed by atoms with Gasteiger partial charge in [-0.3, -0.25) is 4.55 Å². The number of hydrogen-bond acceptors (Lipinski definition) is 4. The summed E-state index contributed by atoms with van der Waals surface area (Å²) in [5, 5.41) is 12.2. The van der Waals surface area contributed by atoms with E-state index in [1.54, 1.807) is 0 Å². The van der Waals surface area contributed by atoms with Gasteiger partial charge in [0.15, 0.2) is 0 Å². The molecule has 0 unspecified atom stereocenters. The van der Waals surface area contributed by atoms with Crippen LogP contribution in [0.1, 0.15) is 41.8 Å². The van der Waals surface area contributed by atoms with E-state index in [0.29, 0.717) is 11.3 Å². The molecule has 0 saturated heterocycles. The van der Waals surface area contributed by atoms with E-state index in [2.05, 4.69) is 59.6 Å². The van der Waals surface area contributed by atoms with Crippen molar-refractivity contribution in [1.29, 1.82) is 0 Å². The molecule has 37 heavy (non-hydrogen) atoms. The predicted molar refractivity (Wildman–Crippen MR) is 154 cm³/mol. The number of benzene rings is 3. The van der Waals surface area contributed by atoms with Crippen LogP contribution >= 0.6 is 11.6 Å². The Morgan fingerprint density at radius 3 is 2.24 bits per heavy atom. The van der Waals surface area contributed by atoms with Gasteiger partial charge in [-0.2, -0.15) is 8.42 Å². The number of hydrogen-bond donors (Lipinski definition) is 2. The minimum Gasteiger partial charge on any atom is -0.386 e. The molecule has 2 N–H and O–H groups in total. The molecule has 4 aromatic rings. The third-order valence-corrected chi connectivity index (χ3v) is 5.59. The van der Waals surface area contributed by atoms with Crippen molar-refractivity contribution in [2.75, 3.05) is 6.26 Å². The highest BCUT2D eigenvalue weighted by atomic mass is 35.5. The van der Waals surface area contributed by atoms with Crippen LogP contribution in [0.25, 0.3) is 29.1 Å². The topological polar surface area (TPSA) is 87.5 Å². The first-order chi connectivity index (χ1) is 17.4. The summed E-state index contributed by atoms with van der Waals surface area (Å²) in [5.41, 5.74) is 5.27. The first-order valence-corrected chi connectivity index (χ1v) is 13.9. The summed E-state index contributed by atoms with van der Waals surface area (Å²) < 4.78 is 25.9. The molecule has 0 atom stereocenters. The van der Waals surface area contributed by atoms with Crippen molar-refractivity contribution in [2.45, 2.75) is 25.9 Å². The highest BCUT2D eigenvalue weighted by Gasteiger charge is 2.18. The first-order valence-electron chi connectivity index (χ1n) is 11.6. The summed E-state index contributed by atoms with van der Waals surface area (Å²) in [6, 6.07) is 26.2. The molecule has 0 spiro atoms. The average Bonchev–Trinajstić information content (AvgIpc) is 2.81. The first kappa shape index (κ1) is 28.3. The van der Waals surface area contributed by atoms with Gasteiger partial charge in [0.1, 0.15) is 0 Å². The Kier molecular flexibility index (Phi) is 9.40. The van der Waals surface area contributed by atoms with E-state index >= 15 is 0 Å². The lowest BCUT2D eigenvalue weighted by Crippen LogP contribution is -2.17. The summed E-state index contributed by atoms with van der Waals surface area (Å²) in [6.07, 6.45) is 9.83. The Hall–Kier alpha value is -3.29. The fourth-order valence-electron chi connectivity index (χ4n) is 3.76. The van der Waals surface area contributed by atoms with Crippen LogP contribution in [0.4, 0.5) is 0 Å². The third kappa shape index (κ3) is 9.59. The number of aliphatic hydroxyl groups is 1. The molecule has 0 aliphatic rings. The van der Waals surface area contributed by atoms with Crippen LogP contribution in [0.15, 0.2) is 84.9 Å². The minimum absolute atomic E-state index is 0.691. The monoisotopic (exact) mass is 535 g/mol. The van der Waals surface area contributed by atoms with Crippen LogP contribution < -0.4 is 0 Å². The van der Waals surface area contributed by atoms with Gasteiger partial charge in [-0.25, -0.2) is 4.98 Å². The molecule has 0 saturated carbocycles. The van der Waals surface area contributed by atoms with E-state index in [1.807, 2.05) is 62.4 Å². The Morgan fingerprint density at radius 2 is 1.54 bits per heavy atom. The van der Waals surface area contributed by atoms with Gasteiger partial charge < -0.3 is 5.11 Å². The minimum atomic E-state index is -3.67. The van der Waals surface area contributed by atoms with Crippen molar-refractivity contribution >= 4 is 50.9 Å². The second-order valence-corrected chi connectivity index (χ2v) is 11.0. The SMILES string of the molecule is CC(C)(O)c1ccccc1C/C=C/c1cccc(/C=C/c2ccc3ccc(Cl)cc3n2)c1.CS(=O)(=O)O. The molecule has 192 valence electrons.